The molecular formula is C23H26N4OS. The van der Waals surface area contributed by atoms with Crippen LogP contribution in [0, 0.1) is 5.92 Å². The van der Waals surface area contributed by atoms with Crippen LogP contribution >= 0.6 is 11.3 Å². The molecule has 6 heteroatoms. The zero-order chi connectivity index (χ0) is 20.1. The maximum absolute atomic E-state index is 12.7. The van der Waals surface area contributed by atoms with Crippen LogP contribution in [0.2, 0.25) is 0 Å². The number of likely N-dealkylation sites (tertiary alicyclic amines) is 1. The fraction of sp³-hybridized carbons (Fsp3) is 0.348. The van der Waals surface area contributed by atoms with Gasteiger partial charge in [-0.3, -0.25) is 9.69 Å². The molecule has 1 fully saturated rings. The molecule has 150 valence electrons. The summed E-state index contributed by atoms with van der Waals surface area (Å²) in [4.78, 5) is 25.2. The molecule has 1 saturated heterocycles. The standard InChI is InChI=1S/C23H26N4OS/c1-17-9-11-27(12-10-17)20(21-8-5-13-29-21)16-26-23(28)19-14-24-22(25-15-19)18-6-3-2-4-7-18/h2-8,13-15,17,20H,9-12,16H2,1H3,(H,26,28). The molecule has 3 aromatic rings. The quantitative estimate of drug-likeness (QED) is 0.659. The maximum Gasteiger partial charge on any atom is 0.254 e. The summed E-state index contributed by atoms with van der Waals surface area (Å²) in [7, 11) is 0. The van der Waals surface area contributed by atoms with Gasteiger partial charge in [0.25, 0.3) is 5.91 Å². The van der Waals surface area contributed by atoms with Crippen molar-refractivity contribution >= 4 is 17.2 Å². The molecule has 1 aromatic carbocycles. The second kappa shape index (κ2) is 9.29. The normalized spacial score (nSPS) is 16.4. The minimum absolute atomic E-state index is 0.128. The van der Waals surface area contributed by atoms with Crippen LogP contribution in [0.5, 0.6) is 0 Å². The Labute approximate surface area is 175 Å². The molecule has 0 saturated carbocycles. The van der Waals surface area contributed by atoms with Gasteiger partial charge in [-0.25, -0.2) is 9.97 Å². The van der Waals surface area contributed by atoms with Crippen molar-refractivity contribution in [3.05, 3.63) is 70.7 Å². The van der Waals surface area contributed by atoms with Crippen LogP contribution in [0.15, 0.2) is 60.2 Å². The van der Waals surface area contributed by atoms with Gasteiger partial charge in [-0.2, -0.15) is 0 Å². The van der Waals surface area contributed by atoms with Crippen molar-refractivity contribution in [2.45, 2.75) is 25.8 Å². The van der Waals surface area contributed by atoms with Gasteiger partial charge >= 0.3 is 0 Å². The number of rotatable bonds is 6. The number of carbonyl (C=O) groups is 1. The molecule has 2 aromatic heterocycles. The van der Waals surface area contributed by atoms with Gasteiger partial charge in [0.15, 0.2) is 5.82 Å². The SMILES string of the molecule is CC1CCN(C(CNC(=O)c2cnc(-c3ccccc3)nc2)c2cccs2)CC1. The highest BCUT2D eigenvalue weighted by molar-refractivity contribution is 7.10. The maximum atomic E-state index is 12.7. The number of hydrogen-bond donors (Lipinski definition) is 1. The van der Waals surface area contributed by atoms with E-state index in [4.69, 9.17) is 0 Å². The Hall–Kier alpha value is -2.57. The van der Waals surface area contributed by atoms with Gasteiger partial charge in [0.2, 0.25) is 0 Å². The number of piperidine rings is 1. The van der Waals surface area contributed by atoms with E-state index < -0.39 is 0 Å². The van der Waals surface area contributed by atoms with Crippen LogP contribution < -0.4 is 5.32 Å². The van der Waals surface area contributed by atoms with Crippen LogP contribution in [0.3, 0.4) is 0 Å². The molecule has 0 aliphatic carbocycles. The Morgan fingerprint density at radius 1 is 1.14 bits per heavy atom. The minimum atomic E-state index is -0.128. The highest BCUT2D eigenvalue weighted by Gasteiger charge is 2.26. The van der Waals surface area contributed by atoms with Gasteiger partial charge in [-0.05, 0) is 43.3 Å². The Morgan fingerprint density at radius 3 is 2.52 bits per heavy atom. The fourth-order valence-corrected chi connectivity index (χ4v) is 4.56. The lowest BCUT2D eigenvalue weighted by atomic mass is 9.97. The van der Waals surface area contributed by atoms with Gasteiger partial charge < -0.3 is 5.32 Å². The molecular weight excluding hydrogens is 380 g/mol. The number of hydrogen-bond acceptors (Lipinski definition) is 5. The van der Waals surface area contributed by atoms with Crippen molar-refractivity contribution in [3.8, 4) is 11.4 Å². The molecule has 1 unspecified atom stereocenters. The zero-order valence-electron chi connectivity index (χ0n) is 16.6. The Balaban J connectivity index is 1.41. The average molecular weight is 407 g/mol. The van der Waals surface area contributed by atoms with E-state index in [0.29, 0.717) is 17.9 Å². The van der Waals surface area contributed by atoms with Crippen molar-refractivity contribution in [3.63, 3.8) is 0 Å². The molecule has 0 radical (unpaired) electrons. The van der Waals surface area contributed by atoms with Gasteiger partial charge in [-0.15, -0.1) is 11.3 Å². The number of thiophene rings is 1. The fourth-order valence-electron chi connectivity index (χ4n) is 3.70. The molecule has 1 N–H and O–H groups in total. The summed E-state index contributed by atoms with van der Waals surface area (Å²) in [5.74, 6) is 1.28. The van der Waals surface area contributed by atoms with Crippen LogP contribution in [0.1, 0.15) is 41.0 Å². The van der Waals surface area contributed by atoms with Gasteiger partial charge in [0.05, 0.1) is 11.6 Å². The van der Waals surface area contributed by atoms with E-state index >= 15 is 0 Å². The molecule has 1 aliphatic rings. The summed E-state index contributed by atoms with van der Waals surface area (Å²) >= 11 is 1.75. The van der Waals surface area contributed by atoms with Crippen molar-refractivity contribution in [2.24, 2.45) is 5.92 Å². The average Bonchev–Trinajstić information content (AvgIpc) is 3.30. The number of aromatic nitrogens is 2. The summed E-state index contributed by atoms with van der Waals surface area (Å²) in [6.07, 6.45) is 5.63. The van der Waals surface area contributed by atoms with E-state index in [2.05, 4.69) is 44.6 Å². The third-order valence-corrected chi connectivity index (χ3v) is 6.51. The largest absolute Gasteiger partial charge is 0.350 e. The number of amides is 1. The van der Waals surface area contributed by atoms with E-state index in [-0.39, 0.29) is 11.9 Å². The second-order valence-corrected chi connectivity index (χ2v) is 8.60. The molecule has 5 nitrogen and oxygen atoms in total. The third kappa shape index (κ3) is 4.89. The van der Waals surface area contributed by atoms with Crippen molar-refractivity contribution < 1.29 is 4.79 Å². The Kier molecular flexibility index (Phi) is 6.32. The number of benzene rings is 1. The van der Waals surface area contributed by atoms with E-state index in [1.807, 2.05) is 30.3 Å². The zero-order valence-corrected chi connectivity index (χ0v) is 17.4. The van der Waals surface area contributed by atoms with Gasteiger partial charge in [0, 0.05) is 29.4 Å². The van der Waals surface area contributed by atoms with Crippen LogP contribution in [-0.4, -0.2) is 40.4 Å². The van der Waals surface area contributed by atoms with Crippen LogP contribution in [0.4, 0.5) is 0 Å². The first-order valence-electron chi connectivity index (χ1n) is 10.1. The first kappa shape index (κ1) is 19.7. The summed E-state index contributed by atoms with van der Waals surface area (Å²) in [5, 5.41) is 5.21. The lowest BCUT2D eigenvalue weighted by molar-refractivity contribution is 0.0914. The minimum Gasteiger partial charge on any atom is -0.350 e. The molecule has 0 spiro atoms. The molecule has 0 bridgehead atoms. The highest BCUT2D eigenvalue weighted by Crippen LogP contribution is 2.29. The summed E-state index contributed by atoms with van der Waals surface area (Å²) in [5.41, 5.74) is 1.43. The predicted octanol–water partition coefficient (Wildman–Crippen LogP) is 4.41. The topological polar surface area (TPSA) is 58.1 Å². The van der Waals surface area contributed by atoms with E-state index in [0.717, 1.165) is 24.6 Å². The van der Waals surface area contributed by atoms with Crippen molar-refractivity contribution in [1.82, 2.24) is 20.2 Å². The lowest BCUT2D eigenvalue weighted by Crippen LogP contribution is -2.41. The monoisotopic (exact) mass is 406 g/mol. The number of nitrogens with one attached hydrogen (secondary N) is 1. The highest BCUT2D eigenvalue weighted by atomic mass is 32.1. The molecule has 29 heavy (non-hydrogen) atoms. The Morgan fingerprint density at radius 2 is 1.86 bits per heavy atom. The van der Waals surface area contributed by atoms with Crippen LogP contribution in [0.25, 0.3) is 11.4 Å². The molecule has 4 rings (SSSR count). The second-order valence-electron chi connectivity index (χ2n) is 7.62. The third-order valence-electron chi connectivity index (χ3n) is 5.53. The van der Waals surface area contributed by atoms with Crippen molar-refractivity contribution in [1.29, 1.82) is 0 Å². The smallest absolute Gasteiger partial charge is 0.254 e. The predicted molar refractivity (Wildman–Crippen MR) is 117 cm³/mol. The number of carbonyl (C=O) groups excluding carboxylic acids is 1. The van der Waals surface area contributed by atoms with E-state index in [1.54, 1.807) is 23.7 Å². The number of nitrogens with zero attached hydrogens (tertiary/aromatic N) is 3. The summed E-state index contributed by atoms with van der Waals surface area (Å²) < 4.78 is 0. The Bertz CT molecular complexity index is 904. The van der Waals surface area contributed by atoms with Crippen LogP contribution in [-0.2, 0) is 0 Å². The first-order valence-corrected chi connectivity index (χ1v) is 11.0. The van der Waals surface area contributed by atoms with Gasteiger partial charge in [0.1, 0.15) is 0 Å². The van der Waals surface area contributed by atoms with Crippen molar-refractivity contribution in [2.75, 3.05) is 19.6 Å². The molecule has 3 heterocycles. The summed E-state index contributed by atoms with van der Waals surface area (Å²) in [6.45, 7) is 5.06. The van der Waals surface area contributed by atoms with E-state index in [1.165, 1.54) is 17.7 Å². The van der Waals surface area contributed by atoms with Gasteiger partial charge in [-0.1, -0.05) is 43.3 Å². The molecule has 1 aliphatic heterocycles. The molecule has 1 amide bonds. The summed E-state index contributed by atoms with van der Waals surface area (Å²) in [6, 6.07) is 14.2. The first-order chi connectivity index (χ1) is 14.2. The van der Waals surface area contributed by atoms with E-state index in [9.17, 15) is 4.79 Å². The lowest BCUT2D eigenvalue weighted by Gasteiger charge is -2.36. The molecule has 1 atom stereocenters.